The van der Waals surface area contributed by atoms with Crippen molar-refractivity contribution in [1.82, 2.24) is 4.90 Å². The van der Waals surface area contributed by atoms with Gasteiger partial charge in [-0.3, -0.25) is 4.79 Å². The van der Waals surface area contributed by atoms with Gasteiger partial charge in [0.1, 0.15) is 0 Å². The van der Waals surface area contributed by atoms with E-state index in [2.05, 4.69) is 18.7 Å². The van der Waals surface area contributed by atoms with Crippen molar-refractivity contribution in [2.75, 3.05) is 13.1 Å². The number of rotatable bonds is 3. The molecule has 1 amide bonds. The quantitative estimate of drug-likeness (QED) is 0.736. The zero-order valence-corrected chi connectivity index (χ0v) is 11.5. The molecule has 17 heavy (non-hydrogen) atoms. The maximum Gasteiger partial charge on any atom is 0.225 e. The fourth-order valence-corrected chi connectivity index (χ4v) is 3.55. The van der Waals surface area contributed by atoms with Gasteiger partial charge in [0.05, 0.1) is 0 Å². The predicted molar refractivity (Wildman–Crippen MR) is 70.7 cm³/mol. The number of likely N-dealkylation sites (tertiary alicyclic amines) is 1. The number of carbonyl (C=O) groups is 1. The van der Waals surface area contributed by atoms with Crippen LogP contribution in [0.2, 0.25) is 0 Å². The van der Waals surface area contributed by atoms with Crippen molar-refractivity contribution in [3.05, 3.63) is 0 Å². The molecule has 2 rings (SSSR count). The summed E-state index contributed by atoms with van der Waals surface area (Å²) in [7, 11) is 0. The Kier molecular flexibility index (Phi) is 4.47. The minimum atomic E-state index is 0.360. The highest BCUT2D eigenvalue weighted by Crippen LogP contribution is 2.36. The maximum absolute atomic E-state index is 12.6. The van der Waals surface area contributed by atoms with Crippen molar-refractivity contribution in [3.8, 4) is 0 Å². The van der Waals surface area contributed by atoms with Crippen LogP contribution in [-0.4, -0.2) is 23.9 Å². The van der Waals surface area contributed by atoms with Gasteiger partial charge >= 0.3 is 0 Å². The van der Waals surface area contributed by atoms with Crippen molar-refractivity contribution >= 4 is 5.91 Å². The van der Waals surface area contributed by atoms with E-state index in [9.17, 15) is 4.79 Å². The first kappa shape index (κ1) is 12.9. The predicted octanol–water partition coefficient (Wildman–Crippen LogP) is 3.46. The molecule has 0 aromatic carbocycles. The molecule has 0 aromatic heterocycles. The third-order valence-electron chi connectivity index (χ3n) is 4.38. The molecule has 1 unspecified atom stereocenters. The van der Waals surface area contributed by atoms with Crippen LogP contribution in [0.1, 0.15) is 58.8 Å². The van der Waals surface area contributed by atoms with Crippen LogP contribution in [0.5, 0.6) is 0 Å². The Hall–Kier alpha value is -0.530. The van der Waals surface area contributed by atoms with E-state index in [1.54, 1.807) is 0 Å². The Morgan fingerprint density at radius 1 is 1.12 bits per heavy atom. The first-order valence-electron chi connectivity index (χ1n) is 7.47. The lowest BCUT2D eigenvalue weighted by Gasteiger charge is -2.28. The summed E-state index contributed by atoms with van der Waals surface area (Å²) in [6.45, 7) is 6.38. The molecule has 2 fully saturated rings. The highest BCUT2D eigenvalue weighted by Gasteiger charge is 2.34. The van der Waals surface area contributed by atoms with E-state index in [1.807, 2.05) is 0 Å². The average Bonchev–Trinajstić information content (AvgIpc) is 2.74. The average molecular weight is 237 g/mol. The Labute approximate surface area is 106 Å². The SMILES string of the molecule is CC(C)CN1CCCCC(C2CCCC2)C1=O. The van der Waals surface area contributed by atoms with Crippen LogP contribution in [0.4, 0.5) is 0 Å². The van der Waals surface area contributed by atoms with Gasteiger partial charge in [0.15, 0.2) is 0 Å². The molecule has 98 valence electrons. The molecule has 1 saturated heterocycles. The summed E-state index contributed by atoms with van der Waals surface area (Å²) in [6, 6.07) is 0. The normalized spacial score (nSPS) is 27.8. The van der Waals surface area contributed by atoms with Gasteiger partial charge in [0.25, 0.3) is 0 Å². The van der Waals surface area contributed by atoms with Crippen molar-refractivity contribution < 1.29 is 4.79 Å². The van der Waals surface area contributed by atoms with E-state index < -0.39 is 0 Å². The van der Waals surface area contributed by atoms with E-state index in [0.29, 0.717) is 23.7 Å². The zero-order valence-electron chi connectivity index (χ0n) is 11.5. The summed E-state index contributed by atoms with van der Waals surface area (Å²) >= 11 is 0. The molecule has 1 aliphatic heterocycles. The molecule has 2 nitrogen and oxygen atoms in total. The number of amides is 1. The molecule has 1 atom stereocenters. The van der Waals surface area contributed by atoms with E-state index >= 15 is 0 Å². The number of carbonyl (C=O) groups excluding carboxylic acids is 1. The summed E-state index contributed by atoms with van der Waals surface area (Å²) in [5.41, 5.74) is 0. The van der Waals surface area contributed by atoms with E-state index in [-0.39, 0.29) is 0 Å². The molecule has 2 heteroatoms. The van der Waals surface area contributed by atoms with Gasteiger partial charge in [-0.15, -0.1) is 0 Å². The Balaban J connectivity index is 2.01. The minimum absolute atomic E-state index is 0.360. The first-order chi connectivity index (χ1) is 8.18. The summed E-state index contributed by atoms with van der Waals surface area (Å²) in [4.78, 5) is 14.7. The van der Waals surface area contributed by atoms with Crippen molar-refractivity contribution in [2.24, 2.45) is 17.8 Å². The molecule has 0 radical (unpaired) electrons. The van der Waals surface area contributed by atoms with Gasteiger partial charge in [-0.2, -0.15) is 0 Å². The largest absolute Gasteiger partial charge is 0.342 e. The summed E-state index contributed by atoms with van der Waals surface area (Å²) in [5, 5.41) is 0. The van der Waals surface area contributed by atoms with Gasteiger partial charge < -0.3 is 4.90 Å². The van der Waals surface area contributed by atoms with Crippen LogP contribution in [0.15, 0.2) is 0 Å². The topological polar surface area (TPSA) is 20.3 Å². The molecule has 0 aromatic rings. The van der Waals surface area contributed by atoms with Crippen LogP contribution in [-0.2, 0) is 4.79 Å². The fraction of sp³-hybridized carbons (Fsp3) is 0.933. The summed E-state index contributed by atoms with van der Waals surface area (Å²) in [5.74, 6) is 2.14. The molecule has 1 saturated carbocycles. The number of hydrogen-bond donors (Lipinski definition) is 0. The van der Waals surface area contributed by atoms with Crippen LogP contribution < -0.4 is 0 Å². The van der Waals surface area contributed by atoms with E-state index in [0.717, 1.165) is 19.5 Å². The first-order valence-corrected chi connectivity index (χ1v) is 7.47. The van der Waals surface area contributed by atoms with Crippen LogP contribution in [0.3, 0.4) is 0 Å². The van der Waals surface area contributed by atoms with Gasteiger partial charge in [-0.25, -0.2) is 0 Å². The lowest BCUT2D eigenvalue weighted by Crippen LogP contribution is -2.39. The second-order valence-corrected chi connectivity index (χ2v) is 6.32. The Morgan fingerprint density at radius 3 is 2.41 bits per heavy atom. The highest BCUT2D eigenvalue weighted by atomic mass is 16.2. The monoisotopic (exact) mass is 237 g/mol. The van der Waals surface area contributed by atoms with Crippen molar-refractivity contribution in [3.63, 3.8) is 0 Å². The third kappa shape index (κ3) is 3.23. The standard InChI is InChI=1S/C15H27NO/c1-12(2)11-16-10-6-5-9-14(15(16)17)13-7-3-4-8-13/h12-14H,3-11H2,1-2H3. The molecule has 0 bridgehead atoms. The van der Waals surface area contributed by atoms with Crippen molar-refractivity contribution in [1.29, 1.82) is 0 Å². The van der Waals surface area contributed by atoms with Gasteiger partial charge in [0.2, 0.25) is 5.91 Å². The van der Waals surface area contributed by atoms with E-state index in [1.165, 1.54) is 38.5 Å². The molecule has 1 aliphatic carbocycles. The molecule has 1 heterocycles. The fourth-order valence-electron chi connectivity index (χ4n) is 3.55. The highest BCUT2D eigenvalue weighted by molar-refractivity contribution is 5.79. The van der Waals surface area contributed by atoms with Gasteiger partial charge in [-0.05, 0) is 37.5 Å². The molecular weight excluding hydrogens is 210 g/mol. The van der Waals surface area contributed by atoms with Gasteiger partial charge in [-0.1, -0.05) is 33.1 Å². The Morgan fingerprint density at radius 2 is 1.76 bits per heavy atom. The molecule has 0 spiro atoms. The second-order valence-electron chi connectivity index (χ2n) is 6.32. The van der Waals surface area contributed by atoms with Crippen LogP contribution in [0, 0.1) is 17.8 Å². The second kappa shape index (κ2) is 5.88. The Bertz CT molecular complexity index is 256. The van der Waals surface area contributed by atoms with Crippen LogP contribution >= 0.6 is 0 Å². The minimum Gasteiger partial charge on any atom is -0.342 e. The smallest absolute Gasteiger partial charge is 0.225 e. The lowest BCUT2D eigenvalue weighted by atomic mass is 9.86. The zero-order chi connectivity index (χ0) is 12.3. The number of nitrogens with zero attached hydrogens (tertiary/aromatic N) is 1. The molecule has 2 aliphatic rings. The van der Waals surface area contributed by atoms with Gasteiger partial charge in [0, 0.05) is 19.0 Å². The van der Waals surface area contributed by atoms with E-state index in [4.69, 9.17) is 0 Å². The summed E-state index contributed by atoms with van der Waals surface area (Å²) in [6.07, 6.45) is 8.90. The maximum atomic E-state index is 12.6. The lowest BCUT2D eigenvalue weighted by molar-refractivity contribution is -0.137. The molecular formula is C15H27NO. The number of hydrogen-bond acceptors (Lipinski definition) is 1. The summed E-state index contributed by atoms with van der Waals surface area (Å²) < 4.78 is 0. The molecule has 0 N–H and O–H groups in total. The van der Waals surface area contributed by atoms with Crippen molar-refractivity contribution in [2.45, 2.75) is 58.8 Å². The third-order valence-corrected chi connectivity index (χ3v) is 4.38. The van der Waals surface area contributed by atoms with Crippen LogP contribution in [0.25, 0.3) is 0 Å².